The summed E-state index contributed by atoms with van der Waals surface area (Å²) in [6.07, 6.45) is 2.66. The Morgan fingerprint density at radius 1 is 1.41 bits per heavy atom. The van der Waals surface area contributed by atoms with E-state index in [-0.39, 0.29) is 11.4 Å². The van der Waals surface area contributed by atoms with Crippen LogP contribution in [0.25, 0.3) is 0 Å². The third kappa shape index (κ3) is 3.42. The van der Waals surface area contributed by atoms with Crippen molar-refractivity contribution in [1.82, 2.24) is 5.48 Å². The molecule has 0 amide bonds. The number of cyclic esters (lactones) is 1. The van der Waals surface area contributed by atoms with E-state index in [9.17, 15) is 9.59 Å². The van der Waals surface area contributed by atoms with Crippen molar-refractivity contribution in [2.24, 2.45) is 0 Å². The maximum atomic E-state index is 11.8. The summed E-state index contributed by atoms with van der Waals surface area (Å²) < 4.78 is 4.92. The number of hydrogen-bond acceptors (Lipinski definition) is 5. The van der Waals surface area contributed by atoms with Gasteiger partial charge in [-0.2, -0.15) is 0 Å². The van der Waals surface area contributed by atoms with Crippen molar-refractivity contribution in [2.45, 2.75) is 33.6 Å². The van der Waals surface area contributed by atoms with Gasteiger partial charge in [0.25, 0.3) is 0 Å². The third-order valence-corrected chi connectivity index (χ3v) is 2.18. The molecule has 0 saturated carbocycles. The first-order chi connectivity index (χ1) is 8.10. The zero-order chi connectivity index (χ0) is 12.8. The maximum Gasteiger partial charge on any atom is 0.349 e. The fourth-order valence-corrected chi connectivity index (χ4v) is 1.49. The summed E-state index contributed by atoms with van der Waals surface area (Å²) >= 11 is 0. The minimum atomic E-state index is -0.620. The molecule has 5 nitrogen and oxygen atoms in total. The predicted octanol–water partition coefficient (Wildman–Crippen LogP) is 1.61. The Kier molecular flexibility index (Phi) is 4.90. The number of rotatable bonds is 5. The van der Waals surface area contributed by atoms with Crippen molar-refractivity contribution in [1.29, 1.82) is 0 Å². The molecule has 0 fully saturated rings. The summed E-state index contributed by atoms with van der Waals surface area (Å²) in [6, 6.07) is 0. The lowest BCUT2D eigenvalue weighted by Gasteiger charge is -2.17. The first kappa shape index (κ1) is 13.4. The quantitative estimate of drug-likeness (QED) is 0.342. The summed E-state index contributed by atoms with van der Waals surface area (Å²) in [4.78, 5) is 28.5. The molecule has 0 spiro atoms. The van der Waals surface area contributed by atoms with Crippen LogP contribution in [0.3, 0.4) is 0 Å². The molecule has 0 unspecified atom stereocenters. The lowest BCUT2D eigenvalue weighted by atomic mass is 10.0. The number of nitrogens with one attached hydrogen (secondary N) is 1. The SMILES string of the molecule is CCCC(NOCC)=C1C(=O)C=C(C)OC1=O. The molecule has 1 aliphatic heterocycles. The molecule has 0 radical (unpaired) electrons. The highest BCUT2D eigenvalue weighted by Crippen LogP contribution is 2.18. The van der Waals surface area contributed by atoms with Crippen molar-refractivity contribution in [3.8, 4) is 0 Å². The second kappa shape index (κ2) is 6.20. The molecule has 5 heteroatoms. The van der Waals surface area contributed by atoms with Gasteiger partial charge in [0.1, 0.15) is 11.3 Å². The van der Waals surface area contributed by atoms with Crippen LogP contribution in [-0.2, 0) is 19.2 Å². The van der Waals surface area contributed by atoms with Gasteiger partial charge in [-0.25, -0.2) is 4.79 Å². The Hall–Kier alpha value is -1.62. The third-order valence-electron chi connectivity index (χ3n) is 2.18. The molecule has 0 saturated heterocycles. The highest BCUT2D eigenvalue weighted by Gasteiger charge is 2.27. The van der Waals surface area contributed by atoms with Crippen LogP contribution >= 0.6 is 0 Å². The van der Waals surface area contributed by atoms with Gasteiger partial charge in [-0.1, -0.05) is 13.3 Å². The molecule has 94 valence electrons. The van der Waals surface area contributed by atoms with Gasteiger partial charge in [0.05, 0.1) is 12.3 Å². The van der Waals surface area contributed by atoms with E-state index in [1.807, 2.05) is 13.8 Å². The number of hydroxylamine groups is 1. The van der Waals surface area contributed by atoms with Gasteiger partial charge in [-0.3, -0.25) is 15.1 Å². The number of carbonyl (C=O) groups excluding carboxylic acids is 2. The van der Waals surface area contributed by atoms with Gasteiger partial charge in [-0.15, -0.1) is 0 Å². The molecule has 0 atom stereocenters. The molecule has 17 heavy (non-hydrogen) atoms. The zero-order valence-corrected chi connectivity index (χ0v) is 10.3. The van der Waals surface area contributed by atoms with Crippen LogP contribution in [-0.4, -0.2) is 18.4 Å². The minimum absolute atomic E-state index is 0.0332. The first-order valence-electron chi connectivity index (χ1n) is 5.65. The second-order valence-electron chi connectivity index (χ2n) is 3.65. The highest BCUT2D eigenvalue weighted by molar-refractivity contribution is 6.24. The predicted molar refractivity (Wildman–Crippen MR) is 61.6 cm³/mol. The summed E-state index contributed by atoms with van der Waals surface area (Å²) in [5.41, 5.74) is 3.16. The Morgan fingerprint density at radius 3 is 2.65 bits per heavy atom. The number of esters is 1. The van der Waals surface area contributed by atoms with Gasteiger partial charge < -0.3 is 4.74 Å². The first-order valence-corrected chi connectivity index (χ1v) is 5.65. The van der Waals surface area contributed by atoms with Gasteiger partial charge in [-0.05, 0) is 20.3 Å². The average Bonchev–Trinajstić information content (AvgIpc) is 2.24. The molecule has 0 aliphatic carbocycles. The molecular weight excluding hydrogens is 222 g/mol. The minimum Gasteiger partial charge on any atom is -0.427 e. The van der Waals surface area contributed by atoms with Gasteiger partial charge >= 0.3 is 5.97 Å². The highest BCUT2D eigenvalue weighted by atomic mass is 16.6. The van der Waals surface area contributed by atoms with E-state index in [0.29, 0.717) is 24.5 Å². The van der Waals surface area contributed by atoms with Crippen LogP contribution in [0, 0.1) is 0 Å². The van der Waals surface area contributed by atoms with E-state index >= 15 is 0 Å². The van der Waals surface area contributed by atoms with Gasteiger partial charge in [0, 0.05) is 6.08 Å². The van der Waals surface area contributed by atoms with Crippen LogP contribution in [0.4, 0.5) is 0 Å². The van der Waals surface area contributed by atoms with E-state index in [4.69, 9.17) is 9.57 Å². The standard InChI is InChI=1S/C12H17NO4/c1-4-6-9(13-16-5-2)11-10(14)7-8(3)17-12(11)15/h7,13H,4-6H2,1-3H3. The van der Waals surface area contributed by atoms with Crippen LogP contribution in [0.1, 0.15) is 33.6 Å². The number of hydrogen-bond donors (Lipinski definition) is 1. The Balaban J connectivity index is 3.03. The van der Waals surface area contributed by atoms with Crippen LogP contribution in [0.15, 0.2) is 23.1 Å². The summed E-state index contributed by atoms with van der Waals surface area (Å²) in [5, 5.41) is 0. The van der Waals surface area contributed by atoms with Crippen molar-refractivity contribution in [2.75, 3.05) is 6.61 Å². The Bertz CT molecular complexity index is 382. The molecule has 1 N–H and O–H groups in total. The zero-order valence-electron chi connectivity index (χ0n) is 10.3. The van der Waals surface area contributed by atoms with Crippen LogP contribution < -0.4 is 5.48 Å². The van der Waals surface area contributed by atoms with Crippen LogP contribution in [0.2, 0.25) is 0 Å². The average molecular weight is 239 g/mol. The van der Waals surface area contributed by atoms with E-state index in [0.717, 1.165) is 6.42 Å². The molecule has 1 heterocycles. The van der Waals surface area contributed by atoms with E-state index < -0.39 is 5.97 Å². The smallest absolute Gasteiger partial charge is 0.349 e. The van der Waals surface area contributed by atoms with Crippen molar-refractivity contribution in [3.05, 3.63) is 23.1 Å². The summed E-state index contributed by atoms with van der Waals surface area (Å²) in [6.45, 7) is 5.78. The van der Waals surface area contributed by atoms with Gasteiger partial charge in [0.2, 0.25) is 0 Å². The molecular formula is C12H17NO4. The van der Waals surface area contributed by atoms with E-state index in [2.05, 4.69) is 5.48 Å². The Morgan fingerprint density at radius 2 is 2.12 bits per heavy atom. The molecule has 0 bridgehead atoms. The van der Waals surface area contributed by atoms with E-state index in [1.165, 1.54) is 6.08 Å². The molecule has 0 aromatic heterocycles. The summed E-state index contributed by atoms with van der Waals surface area (Å²) in [7, 11) is 0. The number of ketones is 1. The number of ether oxygens (including phenoxy) is 1. The van der Waals surface area contributed by atoms with Crippen molar-refractivity contribution < 1.29 is 19.2 Å². The van der Waals surface area contributed by atoms with Crippen LogP contribution in [0.5, 0.6) is 0 Å². The number of allylic oxidation sites excluding steroid dienone is 3. The molecule has 0 aromatic rings. The normalized spacial score (nSPS) is 18.6. The van der Waals surface area contributed by atoms with E-state index in [1.54, 1.807) is 6.92 Å². The second-order valence-corrected chi connectivity index (χ2v) is 3.65. The molecule has 1 aliphatic rings. The van der Waals surface area contributed by atoms with Crippen molar-refractivity contribution >= 4 is 11.8 Å². The summed E-state index contributed by atoms with van der Waals surface area (Å²) in [5.74, 6) is -0.643. The largest absolute Gasteiger partial charge is 0.427 e. The fourth-order valence-electron chi connectivity index (χ4n) is 1.49. The number of carbonyl (C=O) groups is 2. The Labute approximate surface area is 100 Å². The lowest BCUT2D eigenvalue weighted by Crippen LogP contribution is -2.26. The lowest BCUT2D eigenvalue weighted by molar-refractivity contribution is -0.137. The fraction of sp³-hybridized carbons (Fsp3) is 0.500. The van der Waals surface area contributed by atoms with Crippen molar-refractivity contribution in [3.63, 3.8) is 0 Å². The monoisotopic (exact) mass is 239 g/mol. The molecule has 1 rings (SSSR count). The maximum absolute atomic E-state index is 11.8. The van der Waals surface area contributed by atoms with Gasteiger partial charge in [0.15, 0.2) is 5.78 Å². The molecule has 0 aromatic carbocycles. The topological polar surface area (TPSA) is 64.6 Å².